The number of halogens is 6. The van der Waals surface area contributed by atoms with E-state index in [0.29, 0.717) is 0 Å². The average molecular weight is 334 g/mol. The summed E-state index contributed by atoms with van der Waals surface area (Å²) in [6.07, 6.45) is 0. The molecule has 0 bridgehead atoms. The third-order valence-electron chi connectivity index (χ3n) is 0. The molecule has 0 saturated heterocycles. The van der Waals surface area contributed by atoms with Gasteiger partial charge in [-0.15, -0.1) is 0 Å². The Morgan fingerprint density at radius 2 is 0.750 bits per heavy atom. The molecule has 0 heterocycles. The van der Waals surface area contributed by atoms with Gasteiger partial charge < -0.3 is 50.9 Å². The zero-order valence-corrected chi connectivity index (χ0v) is 9.34. The Labute approximate surface area is 88.3 Å². The fraction of sp³-hybridized carbons (Fsp3) is 0. The predicted molar refractivity (Wildman–Crippen MR) is 14.8 cm³/mol. The van der Waals surface area contributed by atoms with Gasteiger partial charge in [-0.05, 0) is 0 Å². The zero-order valence-electron chi connectivity index (χ0n) is 3.42. The Morgan fingerprint density at radius 1 is 0.750 bits per heavy atom. The molecule has 0 aromatic heterocycles. The summed E-state index contributed by atoms with van der Waals surface area (Å²) in [6, 6.07) is 0. The first kappa shape index (κ1) is 32.9. The molecule has 0 fully saturated rings. The largest absolute Gasteiger partial charge is 3.00 e. The molecule has 0 aliphatic carbocycles. The Balaban J connectivity index is -0.00000000750. The molecule has 0 atom stereocenters. The Morgan fingerprint density at radius 3 is 0.750 bits per heavy atom. The van der Waals surface area contributed by atoms with Crippen LogP contribution in [0.1, 0.15) is 0 Å². The first-order valence-corrected chi connectivity index (χ1v) is 0.655. The summed E-state index contributed by atoms with van der Waals surface area (Å²) < 4.78 is 29.0. The van der Waals surface area contributed by atoms with Crippen molar-refractivity contribution in [3.05, 3.63) is 0 Å². The SMILES string of the molecule is FB(F)F.[Al+3].[Br-].[Br-].[Br-]. The summed E-state index contributed by atoms with van der Waals surface area (Å²) in [6.45, 7) is 0. The third kappa shape index (κ3) is 109. The van der Waals surface area contributed by atoms with Crippen molar-refractivity contribution < 1.29 is 63.9 Å². The van der Waals surface area contributed by atoms with Gasteiger partial charge in [-0.3, -0.25) is 12.9 Å². The van der Waals surface area contributed by atoms with Gasteiger partial charge in [0.2, 0.25) is 0 Å². The minimum Gasteiger partial charge on any atom is -1.00 e. The summed E-state index contributed by atoms with van der Waals surface area (Å²) in [5.41, 5.74) is 0. The van der Waals surface area contributed by atoms with Crippen molar-refractivity contribution in [1.82, 2.24) is 0 Å². The molecule has 0 aliphatic heterocycles. The maximum Gasteiger partial charge on any atom is 3.00 e. The normalized spacial score (nSPS) is 3.38. The monoisotopic (exact) mass is 332 g/mol. The smallest absolute Gasteiger partial charge is 1.00 e. The van der Waals surface area contributed by atoms with Gasteiger partial charge in [0.1, 0.15) is 0 Å². The summed E-state index contributed by atoms with van der Waals surface area (Å²) in [7, 11) is -3.67. The fourth-order valence-electron chi connectivity index (χ4n) is 0. The van der Waals surface area contributed by atoms with E-state index in [4.69, 9.17) is 0 Å². The molecule has 0 spiro atoms. The first-order chi connectivity index (χ1) is 1.73. The van der Waals surface area contributed by atoms with Crippen molar-refractivity contribution in [2.45, 2.75) is 0 Å². The minimum absolute atomic E-state index is 0. The van der Waals surface area contributed by atoms with Gasteiger partial charge in [0, 0.05) is 0 Å². The van der Waals surface area contributed by atoms with E-state index in [1.165, 1.54) is 0 Å². The van der Waals surface area contributed by atoms with E-state index in [1.807, 2.05) is 0 Å². The molecule has 0 aromatic rings. The molecule has 0 amide bonds. The van der Waals surface area contributed by atoms with Crippen LogP contribution in [0, 0.1) is 0 Å². The minimum atomic E-state index is -3.67. The second kappa shape index (κ2) is 23.2. The van der Waals surface area contributed by atoms with Crippen LogP contribution in [-0.2, 0) is 0 Å². The van der Waals surface area contributed by atoms with Crippen LogP contribution in [-0.4, -0.2) is 24.9 Å². The van der Waals surface area contributed by atoms with E-state index in [1.54, 1.807) is 0 Å². The van der Waals surface area contributed by atoms with Crippen LogP contribution >= 0.6 is 0 Å². The van der Waals surface area contributed by atoms with Gasteiger partial charge in [0.05, 0.1) is 0 Å². The molecule has 0 rings (SSSR count). The standard InChI is InChI=1S/Al.BF3.3BrH/c;2-1(3)4;;;/h;;3*1H/q+3;;;;/p-3. The van der Waals surface area contributed by atoms with Crippen LogP contribution in [0.4, 0.5) is 12.9 Å². The van der Waals surface area contributed by atoms with Gasteiger partial charge >= 0.3 is 24.9 Å². The van der Waals surface area contributed by atoms with E-state index < -0.39 is 7.54 Å². The van der Waals surface area contributed by atoms with Crippen LogP contribution in [0.3, 0.4) is 0 Å². The molecule has 0 radical (unpaired) electrons. The maximum atomic E-state index is 9.67. The number of rotatable bonds is 0. The van der Waals surface area contributed by atoms with Gasteiger partial charge in [0.15, 0.2) is 0 Å². The molecule has 0 aromatic carbocycles. The van der Waals surface area contributed by atoms with Crippen molar-refractivity contribution in [2.75, 3.05) is 0 Å². The van der Waals surface area contributed by atoms with Crippen LogP contribution in [0.15, 0.2) is 0 Å². The second-order valence-electron chi connectivity index (χ2n) is 0.247. The molecule has 0 N–H and O–H groups in total. The van der Waals surface area contributed by atoms with Crippen molar-refractivity contribution in [1.29, 1.82) is 0 Å². The van der Waals surface area contributed by atoms with Crippen LogP contribution in [0.2, 0.25) is 0 Å². The quantitative estimate of drug-likeness (QED) is 0.386. The maximum absolute atomic E-state index is 9.67. The zero-order chi connectivity index (χ0) is 3.58. The molecule has 8 heavy (non-hydrogen) atoms. The van der Waals surface area contributed by atoms with Gasteiger partial charge in [-0.25, -0.2) is 0 Å². The van der Waals surface area contributed by atoms with E-state index in [0.717, 1.165) is 0 Å². The van der Waals surface area contributed by atoms with E-state index >= 15 is 0 Å². The third-order valence-corrected chi connectivity index (χ3v) is 0. The second-order valence-corrected chi connectivity index (χ2v) is 0.247. The van der Waals surface area contributed by atoms with Crippen LogP contribution < -0.4 is 50.9 Å². The molecular formula is AlBBr3F3. The van der Waals surface area contributed by atoms with Gasteiger partial charge in [0.25, 0.3) is 0 Å². The van der Waals surface area contributed by atoms with Crippen LogP contribution in [0.5, 0.6) is 0 Å². The van der Waals surface area contributed by atoms with Crippen molar-refractivity contribution in [3.63, 3.8) is 0 Å². The molecule has 0 aliphatic rings. The predicted octanol–water partition coefficient (Wildman–Crippen LogP) is -8.49. The molecule has 8 heteroatoms. The molecular weight excluding hydrogens is 334 g/mol. The first-order valence-electron chi connectivity index (χ1n) is 0.655. The van der Waals surface area contributed by atoms with E-state index in [-0.39, 0.29) is 68.3 Å². The van der Waals surface area contributed by atoms with E-state index in [9.17, 15) is 12.9 Å². The Kier molecular flexibility index (Phi) is 95.3. The molecule has 0 saturated carbocycles. The Bertz CT molecular complexity index is 19.2. The van der Waals surface area contributed by atoms with Crippen molar-refractivity contribution in [3.8, 4) is 0 Å². The molecule has 0 nitrogen and oxygen atoms in total. The number of hydrogen-bond acceptors (Lipinski definition) is 0. The van der Waals surface area contributed by atoms with E-state index in [2.05, 4.69) is 0 Å². The average Bonchev–Trinajstić information content (AvgIpc) is 0.811. The summed E-state index contributed by atoms with van der Waals surface area (Å²) in [5.74, 6) is 0. The fourth-order valence-corrected chi connectivity index (χ4v) is 0. The Hall–Kier alpha value is 1.83. The van der Waals surface area contributed by atoms with Crippen molar-refractivity contribution >= 4 is 24.9 Å². The topological polar surface area (TPSA) is 0 Å². The number of hydrogen-bond donors (Lipinski definition) is 0. The molecule has 0 unspecified atom stereocenters. The van der Waals surface area contributed by atoms with Gasteiger partial charge in [-0.1, -0.05) is 0 Å². The summed E-state index contributed by atoms with van der Waals surface area (Å²) in [5, 5.41) is 0. The van der Waals surface area contributed by atoms with Crippen LogP contribution in [0.25, 0.3) is 0 Å². The summed E-state index contributed by atoms with van der Waals surface area (Å²) in [4.78, 5) is 0. The molecule has 48 valence electrons. The van der Waals surface area contributed by atoms with Crippen molar-refractivity contribution in [2.24, 2.45) is 0 Å². The summed E-state index contributed by atoms with van der Waals surface area (Å²) >= 11 is 0. The van der Waals surface area contributed by atoms with Gasteiger partial charge in [-0.2, -0.15) is 0 Å².